The molecule has 9 heteroatoms. The highest BCUT2D eigenvalue weighted by atomic mass is 35.5. The van der Waals surface area contributed by atoms with E-state index in [4.69, 9.17) is 11.6 Å². The maximum absolute atomic E-state index is 12.9. The number of nitrogens with zero attached hydrogens (tertiary/aromatic N) is 1. The summed E-state index contributed by atoms with van der Waals surface area (Å²) in [5.74, 6) is -0.813. The summed E-state index contributed by atoms with van der Waals surface area (Å²) < 4.78 is 63.8. The molecule has 0 aliphatic carbocycles. The molecule has 0 saturated carbocycles. The van der Waals surface area contributed by atoms with Crippen LogP contribution in [0.2, 0.25) is 5.02 Å². The SMILES string of the molecule is O=S(=O)(c1ccc(F)cc1)C1CN(S(=O)(=O)Cc2ccccc2Cl)C1. The summed E-state index contributed by atoms with van der Waals surface area (Å²) in [6.07, 6.45) is 0. The van der Waals surface area contributed by atoms with Gasteiger partial charge in [0, 0.05) is 18.1 Å². The third-order valence-electron chi connectivity index (χ3n) is 4.08. The number of hydrogen-bond acceptors (Lipinski definition) is 4. The Morgan fingerprint density at radius 1 is 1.00 bits per heavy atom. The van der Waals surface area contributed by atoms with Gasteiger partial charge in [0.05, 0.1) is 15.9 Å². The fourth-order valence-corrected chi connectivity index (χ4v) is 6.31. The highest BCUT2D eigenvalue weighted by molar-refractivity contribution is 7.92. The molecule has 1 saturated heterocycles. The summed E-state index contributed by atoms with van der Waals surface area (Å²) in [5.41, 5.74) is 0.467. The fourth-order valence-electron chi connectivity index (χ4n) is 2.54. The lowest BCUT2D eigenvalue weighted by Gasteiger charge is -2.37. The van der Waals surface area contributed by atoms with Gasteiger partial charge in [-0.05, 0) is 35.9 Å². The molecule has 0 aromatic heterocycles. The van der Waals surface area contributed by atoms with E-state index in [9.17, 15) is 21.2 Å². The van der Waals surface area contributed by atoms with Crippen LogP contribution >= 0.6 is 11.6 Å². The summed E-state index contributed by atoms with van der Waals surface area (Å²) in [4.78, 5) is -0.0120. The van der Waals surface area contributed by atoms with E-state index in [1.807, 2.05) is 0 Å². The Bertz CT molecular complexity index is 985. The van der Waals surface area contributed by atoms with Crippen molar-refractivity contribution in [2.45, 2.75) is 15.9 Å². The van der Waals surface area contributed by atoms with E-state index in [1.165, 1.54) is 12.1 Å². The molecule has 0 N–H and O–H groups in total. The molecule has 0 amide bonds. The van der Waals surface area contributed by atoms with Crippen LogP contribution in [0, 0.1) is 5.82 Å². The monoisotopic (exact) mass is 403 g/mol. The second kappa shape index (κ2) is 6.68. The molecule has 2 aromatic carbocycles. The van der Waals surface area contributed by atoms with Gasteiger partial charge in [-0.3, -0.25) is 0 Å². The van der Waals surface area contributed by atoms with E-state index in [0.717, 1.165) is 16.4 Å². The van der Waals surface area contributed by atoms with Gasteiger partial charge in [0.15, 0.2) is 9.84 Å². The molecule has 0 spiro atoms. The molecule has 0 bridgehead atoms. The Hall–Kier alpha value is -1.48. The number of benzene rings is 2. The standard InChI is InChI=1S/C16H15ClFNO4S2/c17-16-4-2-1-3-12(16)11-24(20,21)19-9-15(10-19)25(22,23)14-7-5-13(18)6-8-14/h1-8,15H,9-11H2. The van der Waals surface area contributed by atoms with Crippen molar-refractivity contribution in [1.29, 1.82) is 0 Å². The quantitative estimate of drug-likeness (QED) is 0.719. The molecule has 0 radical (unpaired) electrons. The van der Waals surface area contributed by atoms with Crippen molar-refractivity contribution in [3.05, 3.63) is 64.9 Å². The predicted octanol–water partition coefficient (Wildman–Crippen LogP) is 2.47. The average Bonchev–Trinajstić information content (AvgIpc) is 2.47. The zero-order chi connectivity index (χ0) is 18.2. The molecule has 5 nitrogen and oxygen atoms in total. The van der Waals surface area contributed by atoms with Gasteiger partial charge in [-0.15, -0.1) is 0 Å². The van der Waals surface area contributed by atoms with Gasteiger partial charge >= 0.3 is 0 Å². The summed E-state index contributed by atoms with van der Waals surface area (Å²) in [5, 5.41) is -0.485. The molecule has 1 aliphatic heterocycles. The van der Waals surface area contributed by atoms with Crippen LogP contribution in [0.1, 0.15) is 5.56 Å². The lowest BCUT2D eigenvalue weighted by Crippen LogP contribution is -2.56. The Labute approximate surface area is 151 Å². The van der Waals surface area contributed by atoms with E-state index in [2.05, 4.69) is 0 Å². The minimum Gasteiger partial charge on any atom is -0.223 e. The first-order valence-electron chi connectivity index (χ1n) is 7.41. The highest BCUT2D eigenvalue weighted by Crippen LogP contribution is 2.28. The van der Waals surface area contributed by atoms with Gasteiger partial charge in [0.2, 0.25) is 10.0 Å². The van der Waals surface area contributed by atoms with Crippen LogP contribution in [-0.2, 0) is 25.6 Å². The molecule has 2 aromatic rings. The molecule has 0 atom stereocenters. The largest absolute Gasteiger partial charge is 0.223 e. The molecular weight excluding hydrogens is 389 g/mol. The third-order valence-corrected chi connectivity index (χ3v) is 8.32. The Morgan fingerprint density at radius 2 is 1.60 bits per heavy atom. The minimum absolute atomic E-state index is 0.0120. The summed E-state index contributed by atoms with van der Waals surface area (Å²) in [7, 11) is -7.35. The second-order valence-electron chi connectivity index (χ2n) is 5.79. The van der Waals surface area contributed by atoms with Crippen molar-refractivity contribution in [2.75, 3.05) is 13.1 Å². The number of sulfone groups is 1. The first-order chi connectivity index (χ1) is 11.7. The molecule has 0 unspecified atom stereocenters. The maximum atomic E-state index is 12.9. The van der Waals surface area contributed by atoms with Gasteiger partial charge in [0.1, 0.15) is 5.82 Å². The van der Waals surface area contributed by atoms with Crippen LogP contribution in [0.4, 0.5) is 4.39 Å². The lowest BCUT2D eigenvalue weighted by molar-refractivity contribution is 0.309. The van der Waals surface area contributed by atoms with Gasteiger partial charge in [-0.2, -0.15) is 4.31 Å². The fraction of sp³-hybridized carbons (Fsp3) is 0.250. The lowest BCUT2D eigenvalue weighted by atomic mass is 10.2. The first kappa shape index (κ1) is 18.3. The third kappa shape index (κ3) is 3.72. The van der Waals surface area contributed by atoms with E-state index in [-0.39, 0.29) is 23.7 Å². The molecule has 3 rings (SSSR count). The number of sulfonamides is 1. The van der Waals surface area contributed by atoms with E-state index in [0.29, 0.717) is 10.6 Å². The van der Waals surface area contributed by atoms with Crippen molar-refractivity contribution in [3.8, 4) is 0 Å². The first-order valence-corrected chi connectivity index (χ1v) is 10.9. The normalized spacial score (nSPS) is 16.6. The Morgan fingerprint density at radius 3 is 2.20 bits per heavy atom. The van der Waals surface area contributed by atoms with Crippen molar-refractivity contribution in [3.63, 3.8) is 0 Å². The van der Waals surface area contributed by atoms with E-state index >= 15 is 0 Å². The van der Waals surface area contributed by atoms with E-state index < -0.39 is 30.9 Å². The number of rotatable bonds is 5. The maximum Gasteiger partial charge on any atom is 0.218 e. The van der Waals surface area contributed by atoms with Crippen molar-refractivity contribution >= 4 is 31.5 Å². The number of halogens is 2. The van der Waals surface area contributed by atoms with Crippen LogP contribution in [0.3, 0.4) is 0 Å². The van der Waals surface area contributed by atoms with Crippen molar-refractivity contribution in [1.82, 2.24) is 4.31 Å². The molecule has 25 heavy (non-hydrogen) atoms. The van der Waals surface area contributed by atoms with Crippen molar-refractivity contribution in [2.24, 2.45) is 0 Å². The zero-order valence-electron chi connectivity index (χ0n) is 13.0. The zero-order valence-corrected chi connectivity index (χ0v) is 15.4. The number of hydrogen-bond donors (Lipinski definition) is 0. The van der Waals surface area contributed by atoms with Gasteiger partial charge in [-0.25, -0.2) is 21.2 Å². The average molecular weight is 404 g/mol. The topological polar surface area (TPSA) is 71.5 Å². The van der Waals surface area contributed by atoms with Gasteiger partial charge < -0.3 is 0 Å². The van der Waals surface area contributed by atoms with Gasteiger partial charge in [-0.1, -0.05) is 29.8 Å². The molecule has 1 aliphatic rings. The molecular formula is C16H15ClFNO4S2. The smallest absolute Gasteiger partial charge is 0.218 e. The van der Waals surface area contributed by atoms with Crippen LogP contribution in [0.15, 0.2) is 53.4 Å². The Balaban J connectivity index is 1.71. The minimum atomic E-state index is -3.69. The summed E-state index contributed by atoms with van der Waals surface area (Å²) >= 11 is 5.98. The van der Waals surface area contributed by atoms with Crippen LogP contribution < -0.4 is 0 Å². The van der Waals surface area contributed by atoms with E-state index in [1.54, 1.807) is 24.3 Å². The molecule has 134 valence electrons. The van der Waals surface area contributed by atoms with Crippen LogP contribution in [0.5, 0.6) is 0 Å². The predicted molar refractivity (Wildman–Crippen MR) is 93.0 cm³/mol. The molecule has 1 fully saturated rings. The highest BCUT2D eigenvalue weighted by Gasteiger charge is 2.43. The Kier molecular flexibility index (Phi) is 4.89. The van der Waals surface area contributed by atoms with Crippen molar-refractivity contribution < 1.29 is 21.2 Å². The second-order valence-corrected chi connectivity index (χ2v) is 10.4. The van der Waals surface area contributed by atoms with Crippen LogP contribution in [-0.4, -0.2) is 39.5 Å². The summed E-state index contributed by atoms with van der Waals surface area (Å²) in [6, 6.07) is 11.1. The van der Waals surface area contributed by atoms with Crippen LogP contribution in [0.25, 0.3) is 0 Å². The summed E-state index contributed by atoms with van der Waals surface area (Å²) in [6.45, 7) is -0.237. The molecule has 1 heterocycles. The van der Waals surface area contributed by atoms with Gasteiger partial charge in [0.25, 0.3) is 0 Å².